The Hall–Kier alpha value is -4.46. The van der Waals surface area contributed by atoms with Gasteiger partial charge in [0.1, 0.15) is 23.1 Å². The smallest absolute Gasteiger partial charge is 0.311 e. The fourth-order valence-electron chi connectivity index (χ4n) is 3.12. The fourth-order valence-corrected chi connectivity index (χ4v) is 3.12. The third kappa shape index (κ3) is 15.1. The molecular weight excluding hydrogens is 524 g/mol. The molecule has 0 fully saturated rings. The Bertz CT molecular complexity index is 1250. The van der Waals surface area contributed by atoms with Gasteiger partial charge in [-0.2, -0.15) is 0 Å². The second kappa shape index (κ2) is 18.8. The molecule has 0 radical (unpaired) electrons. The first-order chi connectivity index (χ1) is 19.5. The maximum atomic E-state index is 12.2. The van der Waals surface area contributed by atoms with E-state index >= 15 is 0 Å². The number of hydrogen-bond donors (Lipinski definition) is 0. The average molecular weight is 563 g/mol. The fraction of sp³-hybridized carbons (Fsp3) is 0.333. The maximum absolute atomic E-state index is 12.2. The molecule has 0 atom stereocenters. The summed E-state index contributed by atoms with van der Waals surface area (Å²) < 4.78 is 10.4. The molecule has 2 aromatic carbocycles. The minimum Gasteiger partial charge on any atom is -0.427 e. The molecule has 0 bridgehead atoms. The van der Waals surface area contributed by atoms with Crippen LogP contribution in [0.5, 0.6) is 11.5 Å². The molecule has 0 spiro atoms. The number of rotatable bonds is 15. The summed E-state index contributed by atoms with van der Waals surface area (Å²) in [6.45, 7) is 8.96. The topological polar surface area (TPSA) is 121 Å². The highest BCUT2D eigenvalue weighted by Crippen LogP contribution is 2.16. The molecule has 0 aliphatic carbocycles. The molecule has 0 amide bonds. The van der Waals surface area contributed by atoms with E-state index in [2.05, 4.69) is 0 Å². The third-order valence-electron chi connectivity index (χ3n) is 5.40. The molecule has 218 valence electrons. The van der Waals surface area contributed by atoms with E-state index in [0.29, 0.717) is 22.6 Å². The number of Topliss-reactive ketones (excluding diaryl/α,β-unsaturated/α-hetero) is 2. The van der Waals surface area contributed by atoms with Crippen LogP contribution in [-0.2, 0) is 28.8 Å². The predicted octanol–water partition coefficient (Wildman–Crippen LogP) is 6.15. The van der Waals surface area contributed by atoms with Crippen molar-refractivity contribution in [3.8, 4) is 11.5 Å². The average Bonchev–Trinajstić information content (AvgIpc) is 2.95. The van der Waals surface area contributed by atoms with Crippen LogP contribution in [0, 0.1) is 5.92 Å². The first-order valence-corrected chi connectivity index (χ1v) is 13.6. The van der Waals surface area contributed by atoms with Gasteiger partial charge in [-0.25, -0.2) is 0 Å². The lowest BCUT2D eigenvalue weighted by atomic mass is 10.1. The number of benzene rings is 2. The minimum atomic E-state index is -0.499. The highest BCUT2D eigenvalue weighted by Gasteiger charge is 2.12. The predicted molar refractivity (Wildman–Crippen MR) is 157 cm³/mol. The molecule has 0 N–H and O–H groups in total. The summed E-state index contributed by atoms with van der Waals surface area (Å²) in [6, 6.07) is 13.0. The summed E-state index contributed by atoms with van der Waals surface area (Å²) in [5.74, 6) is -1.28. The maximum Gasteiger partial charge on any atom is 0.311 e. The van der Waals surface area contributed by atoms with E-state index in [-0.39, 0.29) is 61.2 Å². The van der Waals surface area contributed by atoms with E-state index in [1.807, 2.05) is 13.8 Å². The zero-order valence-corrected chi connectivity index (χ0v) is 24.3. The van der Waals surface area contributed by atoms with E-state index < -0.39 is 11.9 Å². The van der Waals surface area contributed by atoms with Crippen LogP contribution in [0.25, 0.3) is 12.2 Å². The lowest BCUT2D eigenvalue weighted by Gasteiger charge is -2.05. The van der Waals surface area contributed by atoms with Gasteiger partial charge in [-0.1, -0.05) is 64.1 Å². The first-order valence-electron chi connectivity index (χ1n) is 13.6. The lowest BCUT2D eigenvalue weighted by molar-refractivity contribution is -0.136. The molecule has 0 saturated carbocycles. The monoisotopic (exact) mass is 562 g/mol. The molecule has 0 aliphatic heterocycles. The number of ether oxygens (including phenoxy) is 2. The molecule has 8 nitrogen and oxygen atoms in total. The second-order valence-corrected chi connectivity index (χ2v) is 9.19. The van der Waals surface area contributed by atoms with Crippen molar-refractivity contribution in [3.05, 3.63) is 71.8 Å². The number of hydrogen-bond acceptors (Lipinski definition) is 8. The standard InChI is InChI=1S/C31H32O8.C2H6/c1-21(2)29(35)17-19-31(37)39-28-15-9-24(10-16-28)6-12-26(34)20-25(33)11-5-23-7-13-27(14-8-23)38-30(36)18-4-22(3)32;1-2/h5-16,21H,4,17-20H2,1-3H3;1-2H3/b11-5+,12-6+;. The van der Waals surface area contributed by atoms with Crippen LogP contribution in [0.2, 0.25) is 0 Å². The van der Waals surface area contributed by atoms with Crippen molar-refractivity contribution in [1.29, 1.82) is 0 Å². The quantitative estimate of drug-likeness (QED) is 0.110. The van der Waals surface area contributed by atoms with Crippen LogP contribution >= 0.6 is 0 Å². The molecular formula is C33H38O8. The van der Waals surface area contributed by atoms with Gasteiger partial charge < -0.3 is 14.3 Å². The van der Waals surface area contributed by atoms with Crippen molar-refractivity contribution in [2.45, 2.75) is 66.7 Å². The van der Waals surface area contributed by atoms with Gasteiger partial charge in [0.05, 0.1) is 19.3 Å². The van der Waals surface area contributed by atoms with E-state index in [1.165, 1.54) is 19.1 Å². The normalized spacial score (nSPS) is 10.7. The first kappa shape index (κ1) is 34.6. The van der Waals surface area contributed by atoms with Crippen molar-refractivity contribution >= 4 is 47.2 Å². The third-order valence-corrected chi connectivity index (χ3v) is 5.40. The van der Waals surface area contributed by atoms with Gasteiger partial charge in [0.2, 0.25) is 0 Å². The molecule has 2 rings (SSSR count). The Labute approximate surface area is 241 Å². The molecule has 2 aromatic rings. The number of carbonyl (C=O) groups excluding carboxylic acids is 6. The van der Waals surface area contributed by atoms with Gasteiger partial charge in [-0.05, 0) is 54.5 Å². The molecule has 0 saturated heterocycles. The van der Waals surface area contributed by atoms with Crippen LogP contribution in [0.4, 0.5) is 0 Å². The zero-order chi connectivity index (χ0) is 30.8. The van der Waals surface area contributed by atoms with Crippen LogP contribution in [0.1, 0.15) is 77.8 Å². The van der Waals surface area contributed by atoms with Crippen molar-refractivity contribution < 1.29 is 38.2 Å². The van der Waals surface area contributed by atoms with Gasteiger partial charge in [0.15, 0.2) is 11.6 Å². The summed E-state index contributed by atoms with van der Waals surface area (Å²) in [7, 11) is 0. The summed E-state index contributed by atoms with van der Waals surface area (Å²) in [5.41, 5.74) is 1.37. The second-order valence-electron chi connectivity index (χ2n) is 9.19. The van der Waals surface area contributed by atoms with Crippen LogP contribution in [0.15, 0.2) is 60.7 Å². The Morgan fingerprint density at radius 3 is 1.39 bits per heavy atom. The number of esters is 2. The van der Waals surface area contributed by atoms with E-state index in [1.54, 1.807) is 74.5 Å². The lowest BCUT2D eigenvalue weighted by Crippen LogP contribution is -2.13. The van der Waals surface area contributed by atoms with Crippen molar-refractivity contribution in [3.63, 3.8) is 0 Å². The summed E-state index contributed by atoms with van der Waals surface area (Å²) in [4.78, 5) is 70.4. The van der Waals surface area contributed by atoms with E-state index in [9.17, 15) is 28.8 Å². The van der Waals surface area contributed by atoms with Crippen molar-refractivity contribution in [2.75, 3.05) is 0 Å². The Morgan fingerprint density at radius 2 is 1.02 bits per heavy atom. The molecule has 0 aromatic heterocycles. The summed E-state index contributed by atoms with van der Waals surface area (Å²) in [5, 5.41) is 0. The van der Waals surface area contributed by atoms with Gasteiger partial charge in [0, 0.05) is 18.8 Å². The molecule has 0 unspecified atom stereocenters. The van der Waals surface area contributed by atoms with Crippen LogP contribution in [-0.4, -0.2) is 35.1 Å². The summed E-state index contributed by atoms with van der Waals surface area (Å²) in [6.07, 6.45) is 5.71. The van der Waals surface area contributed by atoms with Crippen LogP contribution < -0.4 is 9.47 Å². The Kier molecular flexibility index (Phi) is 15.8. The Morgan fingerprint density at radius 1 is 0.634 bits per heavy atom. The highest BCUT2D eigenvalue weighted by atomic mass is 16.5. The van der Waals surface area contributed by atoms with E-state index in [0.717, 1.165) is 0 Å². The molecule has 8 heteroatoms. The van der Waals surface area contributed by atoms with Gasteiger partial charge in [-0.3, -0.25) is 24.0 Å². The zero-order valence-electron chi connectivity index (χ0n) is 24.3. The van der Waals surface area contributed by atoms with Gasteiger partial charge in [0.25, 0.3) is 0 Å². The van der Waals surface area contributed by atoms with Crippen LogP contribution in [0.3, 0.4) is 0 Å². The highest BCUT2D eigenvalue weighted by molar-refractivity contribution is 6.10. The molecule has 41 heavy (non-hydrogen) atoms. The van der Waals surface area contributed by atoms with Crippen molar-refractivity contribution in [1.82, 2.24) is 0 Å². The Balaban J connectivity index is 0.00000411. The van der Waals surface area contributed by atoms with Gasteiger partial charge in [-0.15, -0.1) is 0 Å². The van der Waals surface area contributed by atoms with Gasteiger partial charge >= 0.3 is 11.9 Å². The summed E-state index contributed by atoms with van der Waals surface area (Å²) >= 11 is 0. The number of carbonyl (C=O) groups is 6. The molecule has 0 heterocycles. The SMILES string of the molecule is CC.CC(=O)CCC(=O)Oc1ccc(/C=C/C(=O)CC(=O)/C=C/c2ccc(OC(=O)CCC(=O)C(C)C)cc2)cc1. The van der Waals surface area contributed by atoms with Crippen molar-refractivity contribution in [2.24, 2.45) is 5.92 Å². The largest absolute Gasteiger partial charge is 0.427 e. The number of ketones is 4. The number of allylic oxidation sites excluding steroid dienone is 2. The molecule has 0 aliphatic rings. The minimum absolute atomic E-state index is 0.00302. The van der Waals surface area contributed by atoms with E-state index in [4.69, 9.17) is 9.47 Å².